The van der Waals surface area contributed by atoms with Crippen LogP contribution in [0.5, 0.6) is 0 Å². The van der Waals surface area contributed by atoms with Crippen molar-refractivity contribution in [2.45, 2.75) is 123 Å². The van der Waals surface area contributed by atoms with Gasteiger partial charge in [0.2, 0.25) is 0 Å². The van der Waals surface area contributed by atoms with Crippen LogP contribution in [-0.4, -0.2) is 31.2 Å². The van der Waals surface area contributed by atoms with Crippen LogP contribution in [0.4, 0.5) is 0 Å². The highest BCUT2D eigenvalue weighted by Gasteiger charge is 2.22. The summed E-state index contributed by atoms with van der Waals surface area (Å²) in [6, 6.07) is 0.825. The predicted octanol–water partition coefficient (Wildman–Crippen LogP) is 7.34. The molecule has 0 aromatic carbocycles. The Morgan fingerprint density at radius 1 is 0.565 bits per heavy atom. The van der Waals surface area contributed by atoms with Crippen LogP contribution in [0.2, 0.25) is 0 Å². The zero-order valence-electron chi connectivity index (χ0n) is 17.3. The minimum atomic E-state index is 0.825. The van der Waals surface area contributed by atoms with Crippen molar-refractivity contribution in [3.05, 3.63) is 0 Å². The van der Waals surface area contributed by atoms with Gasteiger partial charge in [-0.2, -0.15) is 0 Å². The maximum absolute atomic E-state index is 2.47. The lowest BCUT2D eigenvalue weighted by molar-refractivity contribution is -0.913. The summed E-state index contributed by atoms with van der Waals surface area (Å²) < 4.78 is 1.23. The smallest absolute Gasteiger partial charge is 0.0857 e. The fraction of sp³-hybridized carbons (Fsp3) is 1.00. The lowest BCUT2D eigenvalue weighted by Crippen LogP contribution is -2.47. The second-order valence-electron chi connectivity index (χ2n) is 8.38. The third-order valence-corrected chi connectivity index (χ3v) is 5.76. The van der Waals surface area contributed by atoms with Gasteiger partial charge in [0.1, 0.15) is 0 Å². The Labute approximate surface area is 148 Å². The molecule has 140 valence electrons. The molecule has 0 N–H and O–H groups in total. The highest BCUT2D eigenvalue weighted by molar-refractivity contribution is 4.54. The Balaban J connectivity index is 3.57. The first-order chi connectivity index (χ1) is 11.0. The molecule has 0 aromatic heterocycles. The molecule has 0 aliphatic rings. The summed E-state index contributed by atoms with van der Waals surface area (Å²) in [6.07, 6.45) is 21.5. The Morgan fingerprint density at radius 2 is 0.957 bits per heavy atom. The van der Waals surface area contributed by atoms with Gasteiger partial charge in [-0.15, -0.1) is 0 Å². The van der Waals surface area contributed by atoms with Crippen molar-refractivity contribution in [1.82, 2.24) is 0 Å². The molecule has 0 saturated heterocycles. The summed E-state index contributed by atoms with van der Waals surface area (Å²) in [5.41, 5.74) is 0. The molecule has 0 bridgehead atoms. The number of unbranched alkanes of at least 4 members (excludes halogenated alkanes) is 12. The van der Waals surface area contributed by atoms with Crippen molar-refractivity contribution in [1.29, 1.82) is 0 Å². The molecule has 0 rings (SSSR count). The fourth-order valence-corrected chi connectivity index (χ4v) is 3.44. The number of quaternary nitrogens is 1. The minimum absolute atomic E-state index is 0.825. The molecule has 23 heavy (non-hydrogen) atoms. The zero-order valence-corrected chi connectivity index (χ0v) is 17.3. The molecule has 0 aliphatic carbocycles. The van der Waals surface area contributed by atoms with Crippen LogP contribution in [0.1, 0.15) is 117 Å². The molecule has 0 radical (unpaired) electrons. The van der Waals surface area contributed by atoms with Crippen molar-refractivity contribution in [3.63, 3.8) is 0 Å². The van der Waals surface area contributed by atoms with E-state index in [-0.39, 0.29) is 0 Å². The quantitative estimate of drug-likeness (QED) is 0.194. The largest absolute Gasteiger partial charge is 0.326 e. The lowest BCUT2D eigenvalue weighted by atomic mass is 10.0. The Hall–Kier alpha value is -0.0400. The molecular weight excluding hydrogens is 278 g/mol. The summed E-state index contributed by atoms with van der Waals surface area (Å²) in [6.45, 7) is 8.43. The molecule has 1 unspecified atom stereocenters. The van der Waals surface area contributed by atoms with Gasteiger partial charge in [0.25, 0.3) is 0 Å². The molecule has 0 saturated carbocycles. The van der Waals surface area contributed by atoms with E-state index in [0.717, 1.165) is 6.04 Å². The first-order valence-corrected chi connectivity index (χ1v) is 10.9. The molecule has 1 heteroatoms. The Kier molecular flexibility index (Phi) is 15.5. The fourth-order valence-electron chi connectivity index (χ4n) is 3.44. The van der Waals surface area contributed by atoms with Crippen LogP contribution >= 0.6 is 0 Å². The number of hydrogen-bond donors (Lipinski definition) is 0. The Bertz CT molecular complexity index is 234. The second-order valence-corrected chi connectivity index (χ2v) is 8.38. The van der Waals surface area contributed by atoms with Crippen molar-refractivity contribution in [2.75, 3.05) is 20.6 Å². The monoisotopic (exact) mass is 326 g/mol. The minimum Gasteiger partial charge on any atom is -0.326 e. The van der Waals surface area contributed by atoms with E-state index in [0.29, 0.717) is 0 Å². The van der Waals surface area contributed by atoms with E-state index in [1.54, 1.807) is 0 Å². The van der Waals surface area contributed by atoms with E-state index in [1.165, 1.54) is 107 Å². The van der Waals surface area contributed by atoms with Gasteiger partial charge in [-0.1, -0.05) is 84.5 Å². The maximum Gasteiger partial charge on any atom is 0.0857 e. The SMILES string of the molecule is CCCCCCCCCC[N+](C)(C)C(C)CCCCCCCC. The number of nitrogens with zero attached hydrogens (tertiary/aromatic N) is 1. The van der Waals surface area contributed by atoms with Crippen LogP contribution in [-0.2, 0) is 0 Å². The third kappa shape index (κ3) is 14.0. The van der Waals surface area contributed by atoms with Gasteiger partial charge in [-0.25, -0.2) is 0 Å². The van der Waals surface area contributed by atoms with E-state index in [9.17, 15) is 0 Å². The van der Waals surface area contributed by atoms with Gasteiger partial charge < -0.3 is 4.48 Å². The normalized spacial score (nSPS) is 13.4. The van der Waals surface area contributed by atoms with Crippen LogP contribution in [0.15, 0.2) is 0 Å². The van der Waals surface area contributed by atoms with Gasteiger partial charge in [0.05, 0.1) is 26.7 Å². The molecule has 0 aromatic rings. The summed E-state index contributed by atoms with van der Waals surface area (Å²) in [5, 5.41) is 0. The van der Waals surface area contributed by atoms with Crippen molar-refractivity contribution < 1.29 is 4.48 Å². The van der Waals surface area contributed by atoms with Gasteiger partial charge >= 0.3 is 0 Å². The maximum atomic E-state index is 2.47. The van der Waals surface area contributed by atoms with Gasteiger partial charge in [0, 0.05) is 0 Å². The van der Waals surface area contributed by atoms with Crippen LogP contribution < -0.4 is 0 Å². The summed E-state index contributed by atoms with van der Waals surface area (Å²) in [4.78, 5) is 0. The first-order valence-electron chi connectivity index (χ1n) is 10.9. The van der Waals surface area contributed by atoms with Crippen molar-refractivity contribution >= 4 is 0 Å². The van der Waals surface area contributed by atoms with E-state index in [2.05, 4.69) is 34.9 Å². The first kappa shape index (κ1) is 23.0. The summed E-state index contributed by atoms with van der Waals surface area (Å²) in [7, 11) is 4.89. The number of rotatable bonds is 17. The van der Waals surface area contributed by atoms with E-state index in [4.69, 9.17) is 0 Å². The number of hydrogen-bond acceptors (Lipinski definition) is 0. The van der Waals surface area contributed by atoms with Crippen molar-refractivity contribution in [2.24, 2.45) is 0 Å². The van der Waals surface area contributed by atoms with Crippen LogP contribution in [0, 0.1) is 0 Å². The molecule has 0 spiro atoms. The summed E-state index contributed by atoms with van der Waals surface area (Å²) in [5.74, 6) is 0. The third-order valence-electron chi connectivity index (χ3n) is 5.76. The van der Waals surface area contributed by atoms with Crippen LogP contribution in [0.25, 0.3) is 0 Å². The average molecular weight is 327 g/mol. The molecule has 0 fully saturated rings. The predicted molar refractivity (Wildman–Crippen MR) is 107 cm³/mol. The molecule has 1 atom stereocenters. The highest BCUT2D eigenvalue weighted by Crippen LogP contribution is 2.17. The zero-order chi connectivity index (χ0) is 17.4. The lowest BCUT2D eigenvalue weighted by Gasteiger charge is -2.36. The molecular formula is C22H48N+. The van der Waals surface area contributed by atoms with E-state index in [1.807, 2.05) is 0 Å². The molecule has 0 aliphatic heterocycles. The van der Waals surface area contributed by atoms with Crippen molar-refractivity contribution in [3.8, 4) is 0 Å². The molecule has 0 amide bonds. The average Bonchev–Trinajstić information content (AvgIpc) is 2.53. The van der Waals surface area contributed by atoms with E-state index >= 15 is 0 Å². The Morgan fingerprint density at radius 3 is 1.43 bits per heavy atom. The summed E-state index contributed by atoms with van der Waals surface area (Å²) >= 11 is 0. The highest BCUT2D eigenvalue weighted by atomic mass is 15.3. The van der Waals surface area contributed by atoms with Gasteiger partial charge in [0.15, 0.2) is 0 Å². The standard InChI is InChI=1S/C22H48N/c1-6-8-10-12-14-15-17-19-21-23(4,5)22(3)20-18-16-13-11-9-7-2/h22H,6-21H2,1-5H3/q+1. The topological polar surface area (TPSA) is 0 Å². The van der Waals surface area contributed by atoms with E-state index < -0.39 is 0 Å². The van der Waals surface area contributed by atoms with Gasteiger partial charge in [-0.05, 0) is 32.6 Å². The van der Waals surface area contributed by atoms with Crippen LogP contribution in [0.3, 0.4) is 0 Å². The molecule has 1 nitrogen and oxygen atoms in total. The second kappa shape index (κ2) is 15.5. The van der Waals surface area contributed by atoms with Gasteiger partial charge in [-0.3, -0.25) is 0 Å². The molecule has 0 heterocycles.